The predicted molar refractivity (Wildman–Crippen MR) is 152 cm³/mol. The molecule has 1 amide bonds. The number of aromatic nitrogens is 3. The van der Waals surface area contributed by atoms with E-state index in [4.69, 9.17) is 14.5 Å². The van der Waals surface area contributed by atoms with E-state index in [0.717, 1.165) is 0 Å². The third-order valence-corrected chi connectivity index (χ3v) is 7.60. The van der Waals surface area contributed by atoms with Gasteiger partial charge in [-0.05, 0) is 49.5 Å². The second kappa shape index (κ2) is 11.0. The maximum Gasteiger partial charge on any atom is 0.255 e. The number of fused-ring (bicyclic) bond motifs is 1. The molecule has 3 N–H and O–H groups in total. The summed E-state index contributed by atoms with van der Waals surface area (Å²) < 4.78 is 40.8. The second-order valence-electron chi connectivity index (χ2n) is 8.57. The zero-order valence-electron chi connectivity index (χ0n) is 21.9. The Morgan fingerprint density at radius 3 is 2.40 bits per heavy atom. The van der Waals surface area contributed by atoms with E-state index < -0.39 is 10.0 Å². The number of sulfonamides is 1. The third-order valence-electron chi connectivity index (χ3n) is 6.13. The molecule has 0 aliphatic heterocycles. The molecule has 0 atom stereocenters. The Morgan fingerprint density at radius 1 is 0.925 bits per heavy atom. The van der Waals surface area contributed by atoms with Gasteiger partial charge in [-0.2, -0.15) is 0 Å². The van der Waals surface area contributed by atoms with Gasteiger partial charge in [0.15, 0.2) is 23.0 Å². The van der Waals surface area contributed by atoms with Gasteiger partial charge in [-0.1, -0.05) is 18.2 Å². The van der Waals surface area contributed by atoms with Crippen molar-refractivity contribution in [2.24, 2.45) is 0 Å². The molecule has 0 spiro atoms. The molecule has 3 aromatic carbocycles. The van der Waals surface area contributed by atoms with Crippen molar-refractivity contribution in [3.8, 4) is 22.8 Å². The lowest BCUT2D eigenvalue weighted by molar-refractivity contribution is 0.102. The van der Waals surface area contributed by atoms with E-state index in [1.54, 1.807) is 85.7 Å². The summed E-state index contributed by atoms with van der Waals surface area (Å²) in [6.45, 7) is 0. The zero-order valence-corrected chi connectivity index (χ0v) is 22.7. The Morgan fingerprint density at radius 2 is 1.68 bits per heavy atom. The summed E-state index contributed by atoms with van der Waals surface area (Å²) in [5.41, 5.74) is 2.66. The van der Waals surface area contributed by atoms with Crippen LogP contribution in [0.2, 0.25) is 0 Å². The molecule has 2 aromatic heterocycles. The normalized spacial score (nSPS) is 11.3. The largest absolute Gasteiger partial charge is 0.493 e. The minimum absolute atomic E-state index is 0.00302. The molecular weight excluding hydrogens is 532 g/mol. The SMILES string of the molecule is CNS(=O)(=O)c1ccc(NC(=O)c2ccccc2)cc1-c1cn2ccnc2c(Nc2ccc(OC)c(OC)c2)n1. The fourth-order valence-corrected chi connectivity index (χ4v) is 5.06. The highest BCUT2D eigenvalue weighted by Gasteiger charge is 2.22. The molecule has 0 saturated heterocycles. The Hall–Kier alpha value is -4.94. The number of hydrogen-bond donors (Lipinski definition) is 3. The van der Waals surface area contributed by atoms with Crippen LogP contribution in [0, 0.1) is 0 Å². The van der Waals surface area contributed by atoms with Crippen molar-refractivity contribution in [2.75, 3.05) is 31.9 Å². The van der Waals surface area contributed by atoms with Gasteiger partial charge in [-0.15, -0.1) is 0 Å². The van der Waals surface area contributed by atoms with Gasteiger partial charge in [0.2, 0.25) is 10.0 Å². The number of rotatable bonds is 9. The first kappa shape index (κ1) is 26.7. The number of imidazole rings is 1. The van der Waals surface area contributed by atoms with Gasteiger partial charge in [-0.25, -0.2) is 23.1 Å². The van der Waals surface area contributed by atoms with Crippen LogP contribution in [0.4, 0.5) is 17.2 Å². The van der Waals surface area contributed by atoms with Crippen molar-refractivity contribution in [3.63, 3.8) is 0 Å². The first-order valence-electron chi connectivity index (χ1n) is 12.1. The molecule has 0 fully saturated rings. The summed E-state index contributed by atoms with van der Waals surface area (Å²) in [6, 6.07) is 18.6. The fraction of sp³-hybridized carbons (Fsp3) is 0.107. The van der Waals surface area contributed by atoms with E-state index in [1.807, 2.05) is 6.07 Å². The predicted octanol–water partition coefficient (Wildman–Crippen LogP) is 4.32. The summed E-state index contributed by atoms with van der Waals surface area (Å²) in [5.74, 6) is 1.13. The highest BCUT2D eigenvalue weighted by Crippen LogP contribution is 2.34. The van der Waals surface area contributed by atoms with E-state index >= 15 is 0 Å². The van der Waals surface area contributed by atoms with Crippen LogP contribution in [0.5, 0.6) is 11.5 Å². The molecule has 0 unspecified atom stereocenters. The number of ether oxygens (including phenoxy) is 2. The quantitative estimate of drug-likeness (QED) is 0.243. The third kappa shape index (κ3) is 5.30. The Bertz CT molecular complexity index is 1810. The van der Waals surface area contributed by atoms with Gasteiger partial charge in [0.1, 0.15) is 0 Å². The molecule has 40 heavy (non-hydrogen) atoms. The number of amides is 1. The molecule has 0 aliphatic carbocycles. The smallest absolute Gasteiger partial charge is 0.255 e. The van der Waals surface area contributed by atoms with Crippen LogP contribution in [-0.2, 0) is 10.0 Å². The Balaban J connectivity index is 1.61. The molecule has 2 heterocycles. The molecule has 12 heteroatoms. The van der Waals surface area contributed by atoms with Crippen molar-refractivity contribution in [3.05, 3.63) is 90.9 Å². The van der Waals surface area contributed by atoms with Crippen LogP contribution in [0.1, 0.15) is 10.4 Å². The van der Waals surface area contributed by atoms with Crippen molar-refractivity contribution >= 4 is 38.8 Å². The summed E-state index contributed by atoms with van der Waals surface area (Å²) in [5, 5.41) is 6.08. The molecule has 0 bridgehead atoms. The van der Waals surface area contributed by atoms with E-state index in [2.05, 4.69) is 20.3 Å². The summed E-state index contributed by atoms with van der Waals surface area (Å²) >= 11 is 0. The van der Waals surface area contributed by atoms with Gasteiger partial charge in [-0.3, -0.25) is 4.79 Å². The zero-order chi connectivity index (χ0) is 28.3. The van der Waals surface area contributed by atoms with Crippen molar-refractivity contribution in [2.45, 2.75) is 4.90 Å². The van der Waals surface area contributed by atoms with Crippen molar-refractivity contribution in [1.82, 2.24) is 19.1 Å². The minimum Gasteiger partial charge on any atom is -0.493 e. The van der Waals surface area contributed by atoms with Gasteiger partial charge in [0.05, 0.1) is 24.8 Å². The molecule has 0 radical (unpaired) electrons. The van der Waals surface area contributed by atoms with E-state index in [1.165, 1.54) is 19.2 Å². The molecule has 5 aromatic rings. The number of anilines is 3. The maximum absolute atomic E-state index is 13.0. The molecular formula is C28H26N6O5S. The van der Waals surface area contributed by atoms with Gasteiger partial charge in [0.25, 0.3) is 5.91 Å². The van der Waals surface area contributed by atoms with Crippen LogP contribution >= 0.6 is 0 Å². The number of benzene rings is 3. The maximum atomic E-state index is 13.0. The molecule has 0 aliphatic rings. The number of hydrogen-bond acceptors (Lipinski definition) is 8. The van der Waals surface area contributed by atoms with Gasteiger partial charge < -0.3 is 24.5 Å². The highest BCUT2D eigenvalue weighted by molar-refractivity contribution is 7.89. The van der Waals surface area contributed by atoms with Gasteiger partial charge >= 0.3 is 0 Å². The molecule has 11 nitrogen and oxygen atoms in total. The van der Waals surface area contributed by atoms with Crippen LogP contribution in [-0.4, -0.2) is 50.0 Å². The Labute approximate surface area is 230 Å². The number of nitrogens with one attached hydrogen (secondary N) is 3. The molecule has 204 valence electrons. The van der Waals surface area contributed by atoms with Crippen molar-refractivity contribution < 1.29 is 22.7 Å². The molecule has 5 rings (SSSR count). The first-order chi connectivity index (χ1) is 19.3. The summed E-state index contributed by atoms with van der Waals surface area (Å²) in [6.07, 6.45) is 5.02. The number of carbonyl (C=O) groups is 1. The number of carbonyl (C=O) groups excluding carboxylic acids is 1. The average Bonchev–Trinajstić information content (AvgIpc) is 3.46. The van der Waals surface area contributed by atoms with Crippen molar-refractivity contribution in [1.29, 1.82) is 0 Å². The van der Waals surface area contributed by atoms with E-state index in [0.29, 0.717) is 45.6 Å². The lowest BCUT2D eigenvalue weighted by atomic mass is 10.1. The molecule has 0 saturated carbocycles. The van der Waals surface area contributed by atoms with E-state index in [9.17, 15) is 13.2 Å². The standard InChI is InChI=1S/C28H26N6O5S/c1-29-40(36,37)25-12-10-19(32-28(35)18-7-5-4-6-8-18)15-21(25)22-17-34-14-13-30-27(34)26(33-22)31-20-9-11-23(38-2)24(16-20)39-3/h4-17,29H,1-3H3,(H,31,33)(H,32,35). The number of nitrogens with zero attached hydrogens (tertiary/aromatic N) is 3. The Kier molecular flexibility index (Phi) is 7.36. The van der Waals surface area contributed by atoms with Gasteiger partial charge in [0, 0.05) is 47.2 Å². The van der Waals surface area contributed by atoms with E-state index in [-0.39, 0.29) is 16.4 Å². The van der Waals surface area contributed by atoms with Crippen LogP contribution in [0.25, 0.3) is 16.9 Å². The average molecular weight is 559 g/mol. The van der Waals surface area contributed by atoms with Crippen LogP contribution in [0.3, 0.4) is 0 Å². The number of methoxy groups -OCH3 is 2. The monoisotopic (exact) mass is 558 g/mol. The lowest BCUT2D eigenvalue weighted by Crippen LogP contribution is -2.20. The summed E-state index contributed by atoms with van der Waals surface area (Å²) in [4.78, 5) is 21.9. The second-order valence-corrected chi connectivity index (χ2v) is 10.4. The fourth-order valence-electron chi connectivity index (χ4n) is 4.14. The first-order valence-corrected chi connectivity index (χ1v) is 13.6. The highest BCUT2D eigenvalue weighted by atomic mass is 32.2. The van der Waals surface area contributed by atoms with Crippen LogP contribution in [0.15, 0.2) is 90.2 Å². The topological polar surface area (TPSA) is 136 Å². The van der Waals surface area contributed by atoms with Crippen LogP contribution < -0.4 is 24.8 Å². The lowest BCUT2D eigenvalue weighted by Gasteiger charge is -2.15. The summed E-state index contributed by atoms with van der Waals surface area (Å²) in [7, 11) is 0.548. The minimum atomic E-state index is -3.88.